The fourth-order valence-electron chi connectivity index (χ4n) is 2.93. The third-order valence-corrected chi connectivity index (χ3v) is 4.29. The summed E-state index contributed by atoms with van der Waals surface area (Å²) in [5.74, 6) is 0.610. The van der Waals surface area contributed by atoms with Crippen molar-refractivity contribution in [1.29, 1.82) is 0 Å². The normalized spacial score (nSPS) is 17.7. The van der Waals surface area contributed by atoms with Crippen LogP contribution in [0.4, 0.5) is 0 Å². The Morgan fingerprint density at radius 2 is 1.78 bits per heavy atom. The fraction of sp³-hybridized carbons (Fsp3) is 0.294. The smallest absolute Gasteiger partial charge is 0.00952 e. The second-order valence-corrected chi connectivity index (χ2v) is 5.76. The summed E-state index contributed by atoms with van der Waals surface area (Å²) in [7, 11) is 0. The number of alkyl halides is 1. The van der Waals surface area contributed by atoms with Crippen LogP contribution < -0.4 is 0 Å². The van der Waals surface area contributed by atoms with Crippen LogP contribution in [0, 0.1) is 0 Å². The molecular weight excluding hydrogens is 284 g/mol. The van der Waals surface area contributed by atoms with Gasteiger partial charge in [-0.2, -0.15) is 0 Å². The molecule has 0 amide bonds. The zero-order chi connectivity index (χ0) is 12.4. The van der Waals surface area contributed by atoms with Gasteiger partial charge in [-0.15, -0.1) is 0 Å². The molecule has 0 spiro atoms. The lowest BCUT2D eigenvalue weighted by atomic mass is 9.92. The monoisotopic (exact) mass is 300 g/mol. The number of hydrogen-bond donors (Lipinski definition) is 0. The molecule has 1 unspecified atom stereocenters. The number of fused-ring (bicyclic) bond motifs is 1. The highest BCUT2D eigenvalue weighted by Crippen LogP contribution is 2.37. The van der Waals surface area contributed by atoms with Crippen molar-refractivity contribution < 1.29 is 0 Å². The molecule has 92 valence electrons. The van der Waals surface area contributed by atoms with Crippen molar-refractivity contribution in [3.8, 4) is 0 Å². The minimum absolute atomic E-state index is 0.610. The Balaban J connectivity index is 1.88. The Hall–Kier alpha value is -1.08. The van der Waals surface area contributed by atoms with E-state index in [1.807, 2.05) is 0 Å². The van der Waals surface area contributed by atoms with Gasteiger partial charge in [0.05, 0.1) is 0 Å². The summed E-state index contributed by atoms with van der Waals surface area (Å²) in [4.78, 5) is 0. The van der Waals surface area contributed by atoms with Crippen LogP contribution in [0.1, 0.15) is 34.6 Å². The molecule has 1 atom stereocenters. The van der Waals surface area contributed by atoms with Gasteiger partial charge in [-0.1, -0.05) is 64.5 Å². The topological polar surface area (TPSA) is 0 Å². The molecule has 0 saturated heterocycles. The van der Waals surface area contributed by atoms with E-state index in [2.05, 4.69) is 64.5 Å². The largest absolute Gasteiger partial charge is 0.0924 e. The summed E-state index contributed by atoms with van der Waals surface area (Å²) in [6.07, 6.45) is 3.60. The summed E-state index contributed by atoms with van der Waals surface area (Å²) in [6, 6.07) is 18.1. The molecule has 0 bridgehead atoms. The number of hydrogen-bond acceptors (Lipinski definition) is 0. The lowest BCUT2D eigenvalue weighted by Crippen LogP contribution is -1.96. The van der Waals surface area contributed by atoms with Crippen molar-refractivity contribution in [2.24, 2.45) is 0 Å². The average molecular weight is 301 g/mol. The van der Waals surface area contributed by atoms with Crippen LogP contribution in [0.5, 0.6) is 0 Å². The molecule has 2 aromatic rings. The van der Waals surface area contributed by atoms with Crippen LogP contribution in [-0.4, -0.2) is 5.33 Å². The Bertz CT molecular complexity index is 528. The van der Waals surface area contributed by atoms with Gasteiger partial charge in [0.15, 0.2) is 0 Å². The van der Waals surface area contributed by atoms with Crippen LogP contribution in [0.15, 0.2) is 48.5 Å². The first-order chi connectivity index (χ1) is 8.88. The maximum absolute atomic E-state index is 3.49. The van der Waals surface area contributed by atoms with Gasteiger partial charge in [0.25, 0.3) is 0 Å². The van der Waals surface area contributed by atoms with E-state index in [1.54, 1.807) is 0 Å². The molecule has 0 aliphatic heterocycles. The molecule has 1 aliphatic carbocycles. The molecule has 2 aromatic carbocycles. The highest BCUT2D eigenvalue weighted by atomic mass is 79.9. The molecule has 18 heavy (non-hydrogen) atoms. The van der Waals surface area contributed by atoms with Crippen molar-refractivity contribution in [3.63, 3.8) is 0 Å². The molecule has 1 aliphatic rings. The highest BCUT2D eigenvalue weighted by Gasteiger charge is 2.22. The highest BCUT2D eigenvalue weighted by molar-refractivity contribution is 9.09. The van der Waals surface area contributed by atoms with Gasteiger partial charge < -0.3 is 0 Å². The molecule has 0 aromatic heterocycles. The Labute approximate surface area is 117 Å². The van der Waals surface area contributed by atoms with Crippen LogP contribution in [0.3, 0.4) is 0 Å². The zero-order valence-corrected chi connectivity index (χ0v) is 12.0. The minimum atomic E-state index is 0.610. The Morgan fingerprint density at radius 1 is 1.00 bits per heavy atom. The lowest BCUT2D eigenvalue weighted by molar-refractivity contribution is 0.787. The van der Waals surface area contributed by atoms with Gasteiger partial charge in [0, 0.05) is 11.2 Å². The third-order valence-electron chi connectivity index (χ3n) is 3.90. The molecule has 3 rings (SSSR count). The van der Waals surface area contributed by atoms with Crippen molar-refractivity contribution >= 4 is 15.9 Å². The van der Waals surface area contributed by atoms with Crippen molar-refractivity contribution in [2.75, 3.05) is 5.33 Å². The van der Waals surface area contributed by atoms with Crippen LogP contribution in [0.2, 0.25) is 0 Å². The maximum atomic E-state index is 3.49. The van der Waals surface area contributed by atoms with Crippen LogP contribution >= 0.6 is 15.9 Å². The van der Waals surface area contributed by atoms with E-state index >= 15 is 0 Å². The number of halogens is 1. The quantitative estimate of drug-likeness (QED) is 0.721. The lowest BCUT2D eigenvalue weighted by Gasteiger charge is -2.12. The van der Waals surface area contributed by atoms with Gasteiger partial charge in [-0.3, -0.25) is 0 Å². The van der Waals surface area contributed by atoms with Crippen molar-refractivity contribution in [1.82, 2.24) is 0 Å². The summed E-state index contributed by atoms with van der Waals surface area (Å²) in [5, 5.41) is 1.04. The summed E-state index contributed by atoms with van der Waals surface area (Å²) in [5.41, 5.74) is 5.96. The predicted molar refractivity (Wildman–Crippen MR) is 80.5 cm³/mol. The van der Waals surface area contributed by atoms with E-state index in [4.69, 9.17) is 0 Å². The van der Waals surface area contributed by atoms with E-state index in [-0.39, 0.29) is 0 Å². The fourth-order valence-corrected chi connectivity index (χ4v) is 3.39. The van der Waals surface area contributed by atoms with Gasteiger partial charge >= 0.3 is 0 Å². The van der Waals surface area contributed by atoms with E-state index in [9.17, 15) is 0 Å². The Kier molecular flexibility index (Phi) is 3.51. The van der Waals surface area contributed by atoms with E-state index in [0.29, 0.717) is 5.92 Å². The number of aryl methyl sites for hydroxylation is 2. The average Bonchev–Trinajstić information content (AvgIpc) is 2.84. The first-order valence-corrected chi connectivity index (χ1v) is 7.73. The summed E-state index contributed by atoms with van der Waals surface area (Å²) < 4.78 is 0. The second-order valence-electron chi connectivity index (χ2n) is 4.97. The van der Waals surface area contributed by atoms with Crippen LogP contribution in [-0.2, 0) is 12.8 Å². The third kappa shape index (κ3) is 2.24. The molecule has 0 N–H and O–H groups in total. The Morgan fingerprint density at radius 3 is 2.56 bits per heavy atom. The minimum Gasteiger partial charge on any atom is -0.0924 e. The number of rotatable bonds is 3. The first kappa shape index (κ1) is 12.0. The van der Waals surface area contributed by atoms with Gasteiger partial charge in [0.1, 0.15) is 0 Å². The van der Waals surface area contributed by atoms with Crippen molar-refractivity contribution in [3.05, 3.63) is 70.8 Å². The maximum Gasteiger partial charge on any atom is 0.00952 e. The molecule has 0 fully saturated rings. The molecule has 0 radical (unpaired) electrons. The molecular formula is C17H17Br. The summed E-state index contributed by atoms with van der Waals surface area (Å²) in [6.45, 7) is 0. The van der Waals surface area contributed by atoms with E-state index in [0.717, 1.165) is 11.8 Å². The second kappa shape index (κ2) is 5.27. The van der Waals surface area contributed by atoms with E-state index in [1.165, 1.54) is 35.1 Å². The molecule has 0 nitrogen and oxygen atoms in total. The van der Waals surface area contributed by atoms with Gasteiger partial charge in [-0.25, -0.2) is 0 Å². The molecule has 0 saturated carbocycles. The summed E-state index contributed by atoms with van der Waals surface area (Å²) >= 11 is 3.49. The zero-order valence-electron chi connectivity index (χ0n) is 10.4. The van der Waals surface area contributed by atoms with Gasteiger partial charge in [0.2, 0.25) is 0 Å². The van der Waals surface area contributed by atoms with E-state index < -0.39 is 0 Å². The molecule has 1 heteroatoms. The number of benzene rings is 2. The van der Waals surface area contributed by atoms with Crippen molar-refractivity contribution in [2.45, 2.75) is 25.2 Å². The van der Waals surface area contributed by atoms with Gasteiger partial charge in [-0.05, 0) is 41.5 Å². The predicted octanol–water partition coefficient (Wildman–Crippen LogP) is 4.70. The van der Waals surface area contributed by atoms with Crippen LogP contribution in [0.25, 0.3) is 0 Å². The molecule has 0 heterocycles. The SMILES string of the molecule is BrCCc1ccc(C2CCc3ccccc32)cc1. The standard InChI is InChI=1S/C17H17Br/c18-12-11-13-5-7-15(8-6-13)17-10-9-14-3-1-2-4-16(14)17/h1-8,17H,9-12H2. The first-order valence-electron chi connectivity index (χ1n) is 6.61.